The molecule has 0 saturated heterocycles. The van der Waals surface area contributed by atoms with E-state index in [0.29, 0.717) is 37.2 Å². The number of aliphatic carboxylic acids is 1. The minimum Gasteiger partial charge on any atom is -0.493 e. The molecule has 206 valence electrons. The highest BCUT2D eigenvalue weighted by atomic mass is 16.5. The molecule has 1 heterocycles. The molecule has 40 heavy (non-hydrogen) atoms. The van der Waals surface area contributed by atoms with Gasteiger partial charge in [0.15, 0.2) is 0 Å². The van der Waals surface area contributed by atoms with Crippen LogP contribution in [0.2, 0.25) is 0 Å². The molecule has 3 aromatic carbocycles. The summed E-state index contributed by atoms with van der Waals surface area (Å²) in [6, 6.07) is 25.9. The average molecular weight is 541 g/mol. The summed E-state index contributed by atoms with van der Waals surface area (Å²) in [6.45, 7) is 0.225. The van der Waals surface area contributed by atoms with E-state index in [1.165, 1.54) is 0 Å². The normalized spacial score (nSPS) is 11.2. The van der Waals surface area contributed by atoms with Crippen LogP contribution < -0.4 is 4.74 Å². The molecule has 0 aliphatic heterocycles. The van der Waals surface area contributed by atoms with Crippen molar-refractivity contribution in [2.75, 3.05) is 6.61 Å². The van der Waals surface area contributed by atoms with Crippen molar-refractivity contribution >= 4 is 11.9 Å². The van der Waals surface area contributed by atoms with Crippen molar-refractivity contribution in [1.82, 2.24) is 9.88 Å². The number of nitrogens with zero attached hydrogens (tertiary/aromatic N) is 2. The topological polar surface area (TPSA) is 120 Å². The smallest absolute Gasteiger partial charge is 0.303 e. The quantitative estimate of drug-likeness (QED) is 0.157. The first kappa shape index (κ1) is 28.5. The maximum atomic E-state index is 13.8. The van der Waals surface area contributed by atoms with Crippen LogP contribution in [0.25, 0.3) is 11.1 Å². The van der Waals surface area contributed by atoms with Gasteiger partial charge in [-0.25, -0.2) is 0 Å². The summed E-state index contributed by atoms with van der Waals surface area (Å²) in [7, 11) is 0. The highest BCUT2D eigenvalue weighted by Gasteiger charge is 2.38. The summed E-state index contributed by atoms with van der Waals surface area (Å²) in [5.74, 6) is -3.49. The molecule has 0 aliphatic carbocycles. The largest absolute Gasteiger partial charge is 0.493 e. The maximum absolute atomic E-state index is 13.8. The third kappa shape index (κ3) is 7.31. The van der Waals surface area contributed by atoms with Crippen LogP contribution in [0.4, 0.5) is 0 Å². The van der Waals surface area contributed by atoms with Gasteiger partial charge in [-0.15, -0.1) is 0 Å². The minimum atomic E-state index is -2.61. The number of carboxylic acid groups (broad SMARTS) is 1. The lowest BCUT2D eigenvalue weighted by molar-refractivity contribution is -0.259. The van der Waals surface area contributed by atoms with Crippen LogP contribution in [0, 0.1) is 0 Å². The Morgan fingerprint density at radius 2 is 1.52 bits per heavy atom. The Morgan fingerprint density at radius 1 is 0.800 bits per heavy atom. The Kier molecular flexibility index (Phi) is 9.62. The standard InChI is InChI=1S/C32H32N2O6/c35-30(36)15-5-2-8-21-40-29-14-7-6-10-27(29)23-34(32(38,39)28-12-3-1-4-13-28)31(37)25-18-16-24(17-19-25)26-11-9-20-33-22-26/h1,3-4,6-7,9-14,16-20,22,38-39H,2,5,8,15,21,23H2,(H,35,36). The number of aromatic nitrogens is 1. The van der Waals surface area contributed by atoms with Crippen molar-refractivity contribution in [1.29, 1.82) is 0 Å². The lowest BCUT2D eigenvalue weighted by Gasteiger charge is -2.36. The van der Waals surface area contributed by atoms with E-state index in [-0.39, 0.29) is 24.1 Å². The van der Waals surface area contributed by atoms with E-state index in [2.05, 4.69) is 4.98 Å². The molecule has 4 rings (SSSR count). The molecule has 0 spiro atoms. The third-order valence-corrected chi connectivity index (χ3v) is 6.50. The summed E-state index contributed by atoms with van der Waals surface area (Å²) in [4.78, 5) is 29.7. The molecule has 1 amide bonds. The van der Waals surface area contributed by atoms with Gasteiger partial charge in [0.1, 0.15) is 5.75 Å². The van der Waals surface area contributed by atoms with Crippen LogP contribution in [0.3, 0.4) is 0 Å². The first-order chi connectivity index (χ1) is 19.4. The summed E-state index contributed by atoms with van der Waals surface area (Å²) in [5.41, 5.74) is 2.80. The molecule has 8 heteroatoms. The van der Waals surface area contributed by atoms with Gasteiger partial charge in [0, 0.05) is 35.5 Å². The molecule has 0 radical (unpaired) electrons. The number of hydrogen-bond acceptors (Lipinski definition) is 6. The number of carboxylic acids is 1. The van der Waals surface area contributed by atoms with Crippen molar-refractivity contribution in [3.8, 4) is 16.9 Å². The highest BCUT2D eigenvalue weighted by molar-refractivity contribution is 5.95. The number of pyridine rings is 1. The lowest BCUT2D eigenvalue weighted by atomic mass is 10.0. The number of aliphatic hydroxyl groups is 2. The summed E-state index contributed by atoms with van der Waals surface area (Å²) < 4.78 is 5.96. The monoisotopic (exact) mass is 540 g/mol. The Hall–Kier alpha value is -4.53. The highest BCUT2D eigenvalue weighted by Crippen LogP contribution is 2.30. The van der Waals surface area contributed by atoms with Gasteiger partial charge in [-0.1, -0.05) is 66.7 Å². The van der Waals surface area contributed by atoms with Gasteiger partial charge in [-0.3, -0.25) is 19.5 Å². The SMILES string of the molecule is O=C(O)CCCCCOc1ccccc1CN(C(=O)c1ccc(-c2cccnc2)cc1)C(O)(O)c1ccccc1. The van der Waals surface area contributed by atoms with Gasteiger partial charge in [0.25, 0.3) is 11.8 Å². The molecule has 4 aromatic rings. The van der Waals surface area contributed by atoms with Crippen molar-refractivity contribution in [2.45, 2.75) is 38.1 Å². The molecule has 0 aliphatic rings. The van der Waals surface area contributed by atoms with E-state index in [4.69, 9.17) is 9.84 Å². The number of carbonyl (C=O) groups excluding carboxylic acids is 1. The van der Waals surface area contributed by atoms with Crippen LogP contribution in [0.1, 0.15) is 47.2 Å². The van der Waals surface area contributed by atoms with E-state index in [1.54, 1.807) is 91.3 Å². The summed E-state index contributed by atoms with van der Waals surface area (Å²) in [6.07, 6.45) is 5.47. The molecule has 0 unspecified atom stereocenters. The van der Waals surface area contributed by atoms with Gasteiger partial charge in [0.2, 0.25) is 0 Å². The first-order valence-corrected chi connectivity index (χ1v) is 13.1. The number of hydrogen-bond donors (Lipinski definition) is 3. The van der Waals surface area contributed by atoms with Crippen LogP contribution >= 0.6 is 0 Å². The second kappa shape index (κ2) is 13.5. The van der Waals surface area contributed by atoms with Crippen molar-refractivity contribution < 1.29 is 29.6 Å². The Bertz CT molecular complexity index is 1390. The first-order valence-electron chi connectivity index (χ1n) is 13.1. The van der Waals surface area contributed by atoms with Crippen LogP contribution in [-0.2, 0) is 17.3 Å². The number of unbranched alkanes of at least 4 members (excludes halogenated alkanes) is 2. The predicted molar refractivity (Wildman–Crippen MR) is 150 cm³/mol. The summed E-state index contributed by atoms with van der Waals surface area (Å²) >= 11 is 0. The second-order valence-corrected chi connectivity index (χ2v) is 9.37. The Balaban J connectivity index is 1.58. The van der Waals surface area contributed by atoms with Gasteiger partial charge in [-0.05, 0) is 54.7 Å². The van der Waals surface area contributed by atoms with Gasteiger partial charge >= 0.3 is 5.97 Å². The third-order valence-electron chi connectivity index (χ3n) is 6.50. The van der Waals surface area contributed by atoms with Crippen molar-refractivity contribution in [3.05, 3.63) is 120 Å². The van der Waals surface area contributed by atoms with Gasteiger partial charge in [0.05, 0.1) is 13.2 Å². The number of ether oxygens (including phenoxy) is 1. The fourth-order valence-electron chi connectivity index (χ4n) is 4.32. The van der Waals surface area contributed by atoms with E-state index < -0.39 is 17.8 Å². The van der Waals surface area contributed by atoms with Crippen LogP contribution in [-0.4, -0.2) is 43.7 Å². The molecular formula is C32H32N2O6. The zero-order valence-corrected chi connectivity index (χ0v) is 22.0. The van der Waals surface area contributed by atoms with Crippen LogP contribution in [0.5, 0.6) is 5.75 Å². The average Bonchev–Trinajstić information content (AvgIpc) is 2.98. The zero-order chi connectivity index (χ0) is 28.4. The number of para-hydroxylation sites is 1. The fourth-order valence-corrected chi connectivity index (χ4v) is 4.32. The maximum Gasteiger partial charge on any atom is 0.303 e. The van der Waals surface area contributed by atoms with E-state index in [9.17, 15) is 19.8 Å². The lowest BCUT2D eigenvalue weighted by Crippen LogP contribution is -2.49. The minimum absolute atomic E-state index is 0.117. The molecule has 8 nitrogen and oxygen atoms in total. The number of benzene rings is 3. The van der Waals surface area contributed by atoms with E-state index >= 15 is 0 Å². The molecular weight excluding hydrogens is 508 g/mol. The number of carbonyl (C=O) groups is 2. The van der Waals surface area contributed by atoms with E-state index in [1.807, 2.05) is 12.1 Å². The number of rotatable bonds is 13. The molecule has 1 aromatic heterocycles. The number of amides is 1. The molecule has 0 bridgehead atoms. The Morgan fingerprint density at radius 3 is 2.23 bits per heavy atom. The van der Waals surface area contributed by atoms with Gasteiger partial charge in [-0.2, -0.15) is 0 Å². The summed E-state index contributed by atoms with van der Waals surface area (Å²) in [5, 5.41) is 31.5. The van der Waals surface area contributed by atoms with Gasteiger partial charge < -0.3 is 20.1 Å². The van der Waals surface area contributed by atoms with Crippen LogP contribution in [0.15, 0.2) is 103 Å². The molecule has 0 fully saturated rings. The predicted octanol–water partition coefficient (Wildman–Crippen LogP) is 5.21. The molecule has 0 saturated carbocycles. The van der Waals surface area contributed by atoms with Crippen molar-refractivity contribution in [3.63, 3.8) is 0 Å². The Labute approximate surface area is 233 Å². The zero-order valence-electron chi connectivity index (χ0n) is 22.0. The van der Waals surface area contributed by atoms with Crippen molar-refractivity contribution in [2.24, 2.45) is 0 Å². The molecule has 0 atom stereocenters. The van der Waals surface area contributed by atoms with E-state index in [0.717, 1.165) is 16.0 Å². The second-order valence-electron chi connectivity index (χ2n) is 9.37. The molecule has 3 N–H and O–H groups in total. The fraction of sp³-hybridized carbons (Fsp3) is 0.219.